The van der Waals surface area contributed by atoms with Crippen molar-refractivity contribution >= 4 is 5.91 Å². The van der Waals surface area contributed by atoms with Crippen LogP contribution in [0.1, 0.15) is 73.5 Å². The summed E-state index contributed by atoms with van der Waals surface area (Å²) in [6.45, 7) is 9.19. The Kier molecular flexibility index (Phi) is 7.28. The van der Waals surface area contributed by atoms with E-state index in [4.69, 9.17) is 0 Å². The molecule has 2 aromatic rings. The van der Waals surface area contributed by atoms with Gasteiger partial charge in [0.1, 0.15) is 11.5 Å². The van der Waals surface area contributed by atoms with Crippen LogP contribution in [0.5, 0.6) is 11.5 Å². The van der Waals surface area contributed by atoms with Crippen molar-refractivity contribution in [1.29, 1.82) is 0 Å². The van der Waals surface area contributed by atoms with Crippen LogP contribution < -0.4 is 0 Å². The molecule has 0 spiro atoms. The summed E-state index contributed by atoms with van der Waals surface area (Å²) in [7, 11) is 0. The second-order valence-corrected chi connectivity index (χ2v) is 7.38. The Morgan fingerprint density at radius 3 is 2.33 bits per heavy atom. The fourth-order valence-corrected chi connectivity index (χ4v) is 3.31. The first-order valence-electron chi connectivity index (χ1n) is 9.80. The third-order valence-electron chi connectivity index (χ3n) is 4.68. The summed E-state index contributed by atoms with van der Waals surface area (Å²) in [5, 5.41) is 20.3. The van der Waals surface area contributed by atoms with E-state index < -0.39 is 0 Å². The molecule has 0 saturated carbocycles. The molecule has 1 amide bonds. The second kappa shape index (κ2) is 9.45. The number of carbonyl (C=O) groups is 1. The van der Waals surface area contributed by atoms with Crippen molar-refractivity contribution in [1.82, 2.24) is 4.90 Å². The average Bonchev–Trinajstić information content (AvgIpc) is 2.61. The van der Waals surface area contributed by atoms with Gasteiger partial charge < -0.3 is 15.1 Å². The minimum atomic E-state index is -0.211. The molecule has 0 saturated heterocycles. The SMILES string of the molecule is CCCc1cccc(CN(CCC)C(=O)c2cc(C(C)C)c(O)cc2O)c1. The Labute approximate surface area is 162 Å². The molecule has 2 aromatic carbocycles. The molecule has 0 atom stereocenters. The number of amides is 1. The highest BCUT2D eigenvalue weighted by atomic mass is 16.3. The van der Waals surface area contributed by atoms with Crippen LogP contribution in [0.4, 0.5) is 0 Å². The normalized spacial score (nSPS) is 11.0. The first-order valence-corrected chi connectivity index (χ1v) is 9.80. The van der Waals surface area contributed by atoms with E-state index in [2.05, 4.69) is 19.1 Å². The predicted octanol–water partition coefficient (Wildman–Crippen LogP) is 5.23. The van der Waals surface area contributed by atoms with Crippen LogP contribution >= 0.6 is 0 Å². The fourth-order valence-electron chi connectivity index (χ4n) is 3.31. The summed E-state index contributed by atoms with van der Waals surface area (Å²) in [5.41, 5.74) is 3.27. The number of phenols is 2. The van der Waals surface area contributed by atoms with Gasteiger partial charge in [-0.05, 0) is 41.5 Å². The van der Waals surface area contributed by atoms with Crippen molar-refractivity contribution < 1.29 is 15.0 Å². The van der Waals surface area contributed by atoms with Gasteiger partial charge in [-0.25, -0.2) is 0 Å². The van der Waals surface area contributed by atoms with Crippen LogP contribution in [-0.4, -0.2) is 27.6 Å². The van der Waals surface area contributed by atoms with E-state index in [9.17, 15) is 15.0 Å². The zero-order valence-corrected chi connectivity index (χ0v) is 16.8. The number of aryl methyl sites for hydroxylation is 1. The molecule has 0 radical (unpaired) electrons. The molecule has 146 valence electrons. The van der Waals surface area contributed by atoms with Gasteiger partial charge in [0.25, 0.3) is 5.91 Å². The molecular formula is C23H31NO3. The summed E-state index contributed by atoms with van der Waals surface area (Å²) in [5.74, 6) is -0.309. The van der Waals surface area contributed by atoms with E-state index in [-0.39, 0.29) is 28.9 Å². The molecule has 0 unspecified atom stereocenters. The third-order valence-corrected chi connectivity index (χ3v) is 4.68. The molecule has 0 aliphatic heterocycles. The van der Waals surface area contributed by atoms with Crippen molar-refractivity contribution in [3.05, 3.63) is 58.7 Å². The monoisotopic (exact) mass is 369 g/mol. The Morgan fingerprint density at radius 2 is 1.70 bits per heavy atom. The predicted molar refractivity (Wildman–Crippen MR) is 109 cm³/mol. The van der Waals surface area contributed by atoms with Crippen LogP contribution in [0.2, 0.25) is 0 Å². The summed E-state index contributed by atoms with van der Waals surface area (Å²) in [6.07, 6.45) is 2.93. The molecule has 4 heteroatoms. The lowest BCUT2D eigenvalue weighted by molar-refractivity contribution is 0.0740. The second-order valence-electron chi connectivity index (χ2n) is 7.38. The number of nitrogens with zero attached hydrogens (tertiary/aromatic N) is 1. The molecule has 0 aromatic heterocycles. The average molecular weight is 370 g/mol. The molecular weight excluding hydrogens is 338 g/mol. The van der Waals surface area contributed by atoms with Crippen LogP contribution in [0.15, 0.2) is 36.4 Å². The molecule has 2 rings (SSSR count). The van der Waals surface area contributed by atoms with Crippen molar-refractivity contribution in [3.63, 3.8) is 0 Å². The topological polar surface area (TPSA) is 60.8 Å². The summed E-state index contributed by atoms with van der Waals surface area (Å²) in [4.78, 5) is 14.9. The number of hydrogen-bond donors (Lipinski definition) is 2. The molecule has 27 heavy (non-hydrogen) atoms. The molecule has 2 N–H and O–H groups in total. The van der Waals surface area contributed by atoms with Gasteiger partial charge in [0.05, 0.1) is 5.56 Å². The van der Waals surface area contributed by atoms with Crippen molar-refractivity contribution in [2.45, 2.75) is 59.4 Å². The van der Waals surface area contributed by atoms with E-state index in [1.165, 1.54) is 11.6 Å². The van der Waals surface area contributed by atoms with Crippen LogP contribution in [0.3, 0.4) is 0 Å². The number of phenolic OH excluding ortho intramolecular Hbond substituents is 2. The summed E-state index contributed by atoms with van der Waals surface area (Å²) in [6, 6.07) is 11.2. The lowest BCUT2D eigenvalue weighted by Gasteiger charge is -2.24. The van der Waals surface area contributed by atoms with E-state index in [0.717, 1.165) is 24.8 Å². The standard InChI is InChI=1S/C23H31NO3/c1-5-8-17-9-7-10-18(12-17)15-24(11-6-2)23(27)20-13-19(16(3)4)21(25)14-22(20)26/h7,9-10,12-14,16,25-26H,5-6,8,11,15H2,1-4H3. The number of benzene rings is 2. The van der Waals surface area contributed by atoms with Crippen LogP contribution in [0, 0.1) is 0 Å². The van der Waals surface area contributed by atoms with Gasteiger partial charge in [-0.2, -0.15) is 0 Å². The quantitative estimate of drug-likeness (QED) is 0.670. The number of carbonyl (C=O) groups excluding carboxylic acids is 1. The first-order chi connectivity index (χ1) is 12.9. The molecule has 0 aliphatic carbocycles. The highest BCUT2D eigenvalue weighted by molar-refractivity contribution is 5.97. The van der Waals surface area contributed by atoms with Gasteiger partial charge in [-0.15, -0.1) is 0 Å². The van der Waals surface area contributed by atoms with E-state index >= 15 is 0 Å². The summed E-state index contributed by atoms with van der Waals surface area (Å²) < 4.78 is 0. The van der Waals surface area contributed by atoms with Crippen molar-refractivity contribution in [3.8, 4) is 11.5 Å². The van der Waals surface area contributed by atoms with Gasteiger partial charge in [0, 0.05) is 19.2 Å². The Morgan fingerprint density at radius 1 is 1.00 bits per heavy atom. The van der Waals surface area contributed by atoms with Crippen LogP contribution in [-0.2, 0) is 13.0 Å². The number of rotatable bonds is 8. The van der Waals surface area contributed by atoms with E-state index in [1.54, 1.807) is 11.0 Å². The maximum atomic E-state index is 13.1. The van der Waals surface area contributed by atoms with Gasteiger partial charge in [-0.1, -0.05) is 58.4 Å². The number of hydrogen-bond acceptors (Lipinski definition) is 3. The lowest BCUT2D eigenvalue weighted by Crippen LogP contribution is -2.31. The summed E-state index contributed by atoms with van der Waals surface area (Å²) >= 11 is 0. The van der Waals surface area contributed by atoms with Crippen LogP contribution in [0.25, 0.3) is 0 Å². The molecule has 0 fully saturated rings. The van der Waals surface area contributed by atoms with Crippen molar-refractivity contribution in [2.24, 2.45) is 0 Å². The van der Waals surface area contributed by atoms with Gasteiger partial charge in [0.15, 0.2) is 0 Å². The molecule has 4 nitrogen and oxygen atoms in total. The molecule has 0 heterocycles. The molecule has 0 aliphatic rings. The van der Waals surface area contributed by atoms with Gasteiger partial charge >= 0.3 is 0 Å². The highest BCUT2D eigenvalue weighted by Gasteiger charge is 2.22. The van der Waals surface area contributed by atoms with E-state index in [1.807, 2.05) is 32.9 Å². The minimum Gasteiger partial charge on any atom is -0.508 e. The fraction of sp³-hybridized carbons (Fsp3) is 0.435. The highest BCUT2D eigenvalue weighted by Crippen LogP contribution is 2.33. The minimum absolute atomic E-state index is 0.0216. The third kappa shape index (κ3) is 5.25. The first kappa shape index (κ1) is 20.8. The van der Waals surface area contributed by atoms with Crippen molar-refractivity contribution in [2.75, 3.05) is 6.54 Å². The maximum Gasteiger partial charge on any atom is 0.257 e. The van der Waals surface area contributed by atoms with Gasteiger partial charge in [-0.3, -0.25) is 4.79 Å². The Bertz CT molecular complexity index is 783. The number of aromatic hydroxyl groups is 2. The smallest absolute Gasteiger partial charge is 0.257 e. The molecule has 0 bridgehead atoms. The zero-order chi connectivity index (χ0) is 20.0. The maximum absolute atomic E-state index is 13.1. The lowest BCUT2D eigenvalue weighted by atomic mass is 9.98. The Hall–Kier alpha value is -2.49. The largest absolute Gasteiger partial charge is 0.508 e. The zero-order valence-electron chi connectivity index (χ0n) is 16.8. The Balaban J connectivity index is 2.32. The van der Waals surface area contributed by atoms with E-state index in [0.29, 0.717) is 18.7 Å². The van der Waals surface area contributed by atoms with Gasteiger partial charge in [0.2, 0.25) is 0 Å².